The summed E-state index contributed by atoms with van der Waals surface area (Å²) >= 11 is 0. The van der Waals surface area contributed by atoms with Gasteiger partial charge in [-0.15, -0.1) is 0 Å². The summed E-state index contributed by atoms with van der Waals surface area (Å²) in [6, 6.07) is 0. The lowest BCUT2D eigenvalue weighted by atomic mass is 10.0. The molecule has 0 amide bonds. The van der Waals surface area contributed by atoms with E-state index in [1.54, 1.807) is 0 Å². The number of hydrogen-bond donors (Lipinski definition) is 3. The van der Waals surface area contributed by atoms with Gasteiger partial charge in [0.2, 0.25) is 0 Å². The number of unbranched alkanes of at least 4 members (excludes halogenated alkanes) is 43. The third kappa shape index (κ3) is 64.8. The molecule has 0 aliphatic rings. The lowest BCUT2D eigenvalue weighted by Crippen LogP contribution is -2.30. The molecule has 0 rings (SSSR count). The summed E-state index contributed by atoms with van der Waals surface area (Å²) < 4.78 is 68.3. The minimum atomic E-state index is -4.95. The van der Waals surface area contributed by atoms with Crippen molar-refractivity contribution in [1.82, 2.24) is 0 Å². The summed E-state index contributed by atoms with van der Waals surface area (Å²) in [4.78, 5) is 72.5. The van der Waals surface area contributed by atoms with Gasteiger partial charge >= 0.3 is 39.5 Å². The predicted molar refractivity (Wildman–Crippen MR) is 363 cm³/mol. The van der Waals surface area contributed by atoms with Crippen LogP contribution in [0.4, 0.5) is 0 Å². The van der Waals surface area contributed by atoms with E-state index >= 15 is 0 Å². The fourth-order valence-corrected chi connectivity index (χ4v) is 12.4. The van der Waals surface area contributed by atoms with E-state index in [0.717, 1.165) is 89.9 Å². The Bertz CT molecular complexity index is 1740. The van der Waals surface area contributed by atoms with Crippen molar-refractivity contribution < 1.29 is 80.2 Å². The molecule has 19 heteroatoms. The fourth-order valence-electron chi connectivity index (χ4n) is 10.8. The monoisotopic (exact) mass is 1320 g/mol. The Hall–Kier alpha value is -1.94. The number of ether oxygens (including phenoxy) is 4. The second-order valence-corrected chi connectivity index (χ2v) is 29.0. The predicted octanol–water partition coefficient (Wildman–Crippen LogP) is 20.5. The number of esters is 4. The number of hydrogen-bond acceptors (Lipinski definition) is 15. The van der Waals surface area contributed by atoms with Gasteiger partial charge in [-0.2, -0.15) is 0 Å². The first-order valence-electron chi connectivity index (χ1n) is 37.1. The van der Waals surface area contributed by atoms with E-state index in [2.05, 4.69) is 34.6 Å². The largest absolute Gasteiger partial charge is 0.472 e. The third-order valence-corrected chi connectivity index (χ3v) is 18.4. The fraction of sp³-hybridized carbons (Fsp3) is 0.944. The molecule has 0 saturated carbocycles. The van der Waals surface area contributed by atoms with Gasteiger partial charge in [0.25, 0.3) is 0 Å². The van der Waals surface area contributed by atoms with Crippen molar-refractivity contribution in [3.63, 3.8) is 0 Å². The molecule has 5 atom stereocenters. The lowest BCUT2D eigenvalue weighted by molar-refractivity contribution is -0.161. The lowest BCUT2D eigenvalue weighted by Gasteiger charge is -2.21. The summed E-state index contributed by atoms with van der Waals surface area (Å²) in [6.45, 7) is 7.18. The molecular formula is C71H138O17P2. The maximum Gasteiger partial charge on any atom is 0.472 e. The number of carbonyl (C=O) groups is 4. The highest BCUT2D eigenvalue weighted by Crippen LogP contribution is 2.45. The van der Waals surface area contributed by atoms with Crippen LogP contribution in [0.1, 0.15) is 369 Å². The second-order valence-electron chi connectivity index (χ2n) is 26.1. The molecule has 534 valence electrons. The van der Waals surface area contributed by atoms with E-state index in [1.807, 2.05) is 0 Å². The van der Waals surface area contributed by atoms with Gasteiger partial charge in [-0.3, -0.25) is 37.3 Å². The maximum absolute atomic E-state index is 13.0. The van der Waals surface area contributed by atoms with Gasteiger partial charge in [0.15, 0.2) is 12.2 Å². The summed E-state index contributed by atoms with van der Waals surface area (Å²) in [5.41, 5.74) is 0. The standard InChI is InChI=1S/C71H138O17P2/c1-6-9-12-15-18-21-23-25-26-27-28-29-31-33-36-41-46-51-56-70(75)87-66(60-82-69(74)55-50-45-40-35-32-30-24-22-19-16-13-10-7-2)62-85-89(77,78)83-58-65(72)59-84-90(79,80)86-63-67(61-81-68(73)54-49-44-39-34-20-17-14-11-8-3)88-71(76)57-52-47-42-37-38-43-48-53-64(4)5/h64-67,72H,6-63H2,1-5H3,(H,77,78)(H,79,80)/t65-,66-,67-/m1/s1. The van der Waals surface area contributed by atoms with Crippen LogP contribution >= 0.6 is 15.6 Å². The molecule has 0 aromatic rings. The van der Waals surface area contributed by atoms with E-state index in [1.165, 1.54) is 193 Å². The molecule has 0 aliphatic carbocycles. The van der Waals surface area contributed by atoms with Crippen LogP contribution in [0.5, 0.6) is 0 Å². The topological polar surface area (TPSA) is 237 Å². The molecule has 0 radical (unpaired) electrons. The van der Waals surface area contributed by atoms with Crippen LogP contribution < -0.4 is 0 Å². The van der Waals surface area contributed by atoms with Crippen molar-refractivity contribution in [1.29, 1.82) is 0 Å². The van der Waals surface area contributed by atoms with E-state index < -0.39 is 97.5 Å². The first kappa shape index (κ1) is 88.1. The van der Waals surface area contributed by atoms with Gasteiger partial charge in [0.1, 0.15) is 19.3 Å². The van der Waals surface area contributed by atoms with E-state index in [0.29, 0.717) is 31.6 Å². The summed E-state index contributed by atoms with van der Waals surface area (Å²) in [5, 5.41) is 10.6. The smallest absolute Gasteiger partial charge is 0.462 e. The molecule has 0 fully saturated rings. The SMILES string of the molecule is CCCCCCCCCCCCCCCCCCCCC(=O)O[C@H](COC(=O)CCCCCCCCCCCCCCC)COP(=O)(O)OC[C@@H](O)COP(=O)(O)OC[C@@H](COC(=O)CCCCCCCCCCC)OC(=O)CCCCCCCCCC(C)C. The highest BCUT2D eigenvalue weighted by Gasteiger charge is 2.30. The zero-order valence-corrected chi connectivity index (χ0v) is 60.1. The molecule has 0 aromatic heterocycles. The van der Waals surface area contributed by atoms with Gasteiger partial charge < -0.3 is 33.8 Å². The molecule has 3 N–H and O–H groups in total. The van der Waals surface area contributed by atoms with Crippen LogP contribution in [0.25, 0.3) is 0 Å². The number of phosphoric acid groups is 2. The van der Waals surface area contributed by atoms with Crippen molar-refractivity contribution in [2.45, 2.75) is 387 Å². The first-order chi connectivity index (χ1) is 43.5. The number of phosphoric ester groups is 2. The quantitative estimate of drug-likeness (QED) is 0.0222. The highest BCUT2D eigenvalue weighted by atomic mass is 31.2. The molecule has 17 nitrogen and oxygen atoms in total. The molecule has 0 aliphatic heterocycles. The minimum absolute atomic E-state index is 0.104. The van der Waals surface area contributed by atoms with Crippen LogP contribution in [0.15, 0.2) is 0 Å². The number of rotatable bonds is 71. The Morgan fingerprint density at radius 1 is 0.300 bits per heavy atom. The Balaban J connectivity index is 5.21. The molecule has 0 bridgehead atoms. The molecular weight excluding hydrogens is 1190 g/mol. The Morgan fingerprint density at radius 2 is 0.511 bits per heavy atom. The molecule has 90 heavy (non-hydrogen) atoms. The highest BCUT2D eigenvalue weighted by molar-refractivity contribution is 7.47. The van der Waals surface area contributed by atoms with Gasteiger partial charge in [-0.05, 0) is 31.6 Å². The van der Waals surface area contributed by atoms with Crippen LogP contribution in [-0.2, 0) is 65.4 Å². The summed E-state index contributed by atoms with van der Waals surface area (Å²) in [7, 11) is -9.90. The van der Waals surface area contributed by atoms with E-state index in [9.17, 15) is 43.2 Å². The minimum Gasteiger partial charge on any atom is -0.462 e. The van der Waals surface area contributed by atoms with Gasteiger partial charge in [-0.1, -0.05) is 317 Å². The average Bonchev–Trinajstić information content (AvgIpc) is 2.65. The van der Waals surface area contributed by atoms with Crippen LogP contribution in [0, 0.1) is 5.92 Å². The van der Waals surface area contributed by atoms with E-state index in [4.69, 9.17) is 37.0 Å². The zero-order chi connectivity index (χ0) is 66.3. The van der Waals surface area contributed by atoms with Gasteiger partial charge in [0, 0.05) is 25.7 Å². The van der Waals surface area contributed by atoms with Crippen molar-refractivity contribution >= 4 is 39.5 Å². The average molecular weight is 1330 g/mol. The van der Waals surface area contributed by atoms with Crippen molar-refractivity contribution in [2.24, 2.45) is 5.92 Å². The molecule has 0 spiro atoms. The van der Waals surface area contributed by atoms with Gasteiger partial charge in [0.05, 0.1) is 26.4 Å². The van der Waals surface area contributed by atoms with E-state index in [-0.39, 0.29) is 25.7 Å². The molecule has 0 saturated heterocycles. The van der Waals surface area contributed by atoms with Crippen LogP contribution in [0.2, 0.25) is 0 Å². The number of aliphatic hydroxyl groups excluding tert-OH is 1. The maximum atomic E-state index is 13.0. The number of carbonyl (C=O) groups excluding carboxylic acids is 4. The Labute approximate surface area is 549 Å². The summed E-state index contributed by atoms with van der Waals surface area (Å²) in [5.74, 6) is -1.43. The molecule has 0 aromatic carbocycles. The molecule has 0 heterocycles. The van der Waals surface area contributed by atoms with Crippen LogP contribution in [0.3, 0.4) is 0 Å². The van der Waals surface area contributed by atoms with Gasteiger partial charge in [-0.25, -0.2) is 9.13 Å². The normalized spacial score (nSPS) is 14.1. The number of aliphatic hydroxyl groups is 1. The van der Waals surface area contributed by atoms with Crippen LogP contribution in [-0.4, -0.2) is 96.7 Å². The van der Waals surface area contributed by atoms with Crippen molar-refractivity contribution in [2.75, 3.05) is 39.6 Å². The Morgan fingerprint density at radius 3 is 0.756 bits per heavy atom. The first-order valence-corrected chi connectivity index (χ1v) is 40.1. The zero-order valence-electron chi connectivity index (χ0n) is 58.3. The Kier molecular flexibility index (Phi) is 63.0. The van der Waals surface area contributed by atoms with Crippen molar-refractivity contribution in [3.8, 4) is 0 Å². The second kappa shape index (κ2) is 64.4. The third-order valence-electron chi connectivity index (χ3n) is 16.5. The summed E-state index contributed by atoms with van der Waals surface area (Å²) in [6.07, 6.45) is 51.4. The van der Waals surface area contributed by atoms with Crippen molar-refractivity contribution in [3.05, 3.63) is 0 Å². The molecule has 2 unspecified atom stereocenters.